The summed E-state index contributed by atoms with van der Waals surface area (Å²) in [6.07, 6.45) is 1.89. The Morgan fingerprint density at radius 1 is 1.69 bits per heavy atom. The van der Waals surface area contributed by atoms with Crippen LogP contribution >= 0.6 is 0 Å². The third kappa shape index (κ3) is 2.21. The third-order valence-corrected chi connectivity index (χ3v) is 1.73. The first kappa shape index (κ1) is 9.57. The van der Waals surface area contributed by atoms with Gasteiger partial charge in [0.15, 0.2) is 0 Å². The SMILES string of the molecule is CN(C)C=C1C[C@@H](C(=O)O)NC1=O. The maximum Gasteiger partial charge on any atom is 0.326 e. The van der Waals surface area contributed by atoms with Crippen molar-refractivity contribution >= 4 is 11.9 Å². The number of amides is 1. The summed E-state index contributed by atoms with van der Waals surface area (Å²) in [5.41, 5.74) is 0.511. The predicted molar refractivity (Wildman–Crippen MR) is 46.0 cm³/mol. The number of hydrogen-bond acceptors (Lipinski definition) is 3. The second kappa shape index (κ2) is 3.47. The molecule has 72 valence electrons. The minimum Gasteiger partial charge on any atom is -0.480 e. The maximum atomic E-state index is 11.2. The fourth-order valence-electron chi connectivity index (χ4n) is 1.19. The Balaban J connectivity index is 2.72. The highest BCUT2D eigenvalue weighted by Gasteiger charge is 2.31. The number of carbonyl (C=O) groups is 2. The molecule has 0 aliphatic carbocycles. The van der Waals surface area contributed by atoms with Crippen LogP contribution in [0.5, 0.6) is 0 Å². The van der Waals surface area contributed by atoms with Crippen molar-refractivity contribution < 1.29 is 14.7 Å². The zero-order chi connectivity index (χ0) is 10.0. The summed E-state index contributed by atoms with van der Waals surface area (Å²) in [7, 11) is 3.57. The summed E-state index contributed by atoms with van der Waals surface area (Å²) in [5.74, 6) is -1.28. The predicted octanol–water partition coefficient (Wildman–Crippen LogP) is -0.595. The van der Waals surface area contributed by atoms with E-state index >= 15 is 0 Å². The first-order valence-corrected chi connectivity index (χ1v) is 3.91. The molecule has 0 saturated carbocycles. The second-order valence-electron chi connectivity index (χ2n) is 3.19. The molecule has 0 radical (unpaired) electrons. The number of rotatable bonds is 2. The Bertz CT molecular complexity index is 271. The number of carboxylic acid groups (broad SMARTS) is 1. The number of carbonyl (C=O) groups excluding carboxylic acids is 1. The molecule has 1 rings (SSSR count). The van der Waals surface area contributed by atoms with Crippen LogP contribution in [0.1, 0.15) is 6.42 Å². The van der Waals surface area contributed by atoms with E-state index < -0.39 is 12.0 Å². The summed E-state index contributed by atoms with van der Waals surface area (Å²) >= 11 is 0. The molecule has 1 saturated heterocycles. The van der Waals surface area contributed by atoms with Gasteiger partial charge in [0.05, 0.1) is 0 Å². The Hall–Kier alpha value is -1.52. The quantitative estimate of drug-likeness (QED) is 0.562. The number of aliphatic carboxylic acids is 1. The molecule has 2 N–H and O–H groups in total. The van der Waals surface area contributed by atoms with Gasteiger partial charge in [-0.05, 0) is 0 Å². The van der Waals surface area contributed by atoms with Crippen molar-refractivity contribution in [1.82, 2.24) is 10.2 Å². The highest BCUT2D eigenvalue weighted by Crippen LogP contribution is 2.14. The molecule has 1 aliphatic heterocycles. The van der Waals surface area contributed by atoms with Crippen molar-refractivity contribution in [3.63, 3.8) is 0 Å². The topological polar surface area (TPSA) is 69.6 Å². The molecule has 1 aliphatic rings. The molecule has 13 heavy (non-hydrogen) atoms. The van der Waals surface area contributed by atoms with Crippen LogP contribution in [0.3, 0.4) is 0 Å². The van der Waals surface area contributed by atoms with Crippen molar-refractivity contribution in [2.75, 3.05) is 14.1 Å². The van der Waals surface area contributed by atoms with Gasteiger partial charge in [-0.1, -0.05) is 0 Å². The smallest absolute Gasteiger partial charge is 0.326 e. The van der Waals surface area contributed by atoms with Crippen molar-refractivity contribution in [3.05, 3.63) is 11.8 Å². The van der Waals surface area contributed by atoms with E-state index in [4.69, 9.17) is 5.11 Å². The standard InChI is InChI=1S/C8H12N2O3/c1-10(2)4-5-3-6(8(12)13)9-7(5)11/h4,6H,3H2,1-2H3,(H,9,11)(H,12,13)/t6-/m0/s1. The van der Waals surface area contributed by atoms with Crippen molar-refractivity contribution in [2.24, 2.45) is 0 Å². The van der Waals surface area contributed by atoms with Gasteiger partial charge in [-0.2, -0.15) is 0 Å². The van der Waals surface area contributed by atoms with Gasteiger partial charge in [0.25, 0.3) is 0 Å². The van der Waals surface area contributed by atoms with E-state index in [1.54, 1.807) is 25.2 Å². The van der Waals surface area contributed by atoms with Gasteiger partial charge < -0.3 is 15.3 Å². The van der Waals surface area contributed by atoms with Gasteiger partial charge in [0, 0.05) is 32.3 Å². The van der Waals surface area contributed by atoms with Crippen molar-refractivity contribution in [3.8, 4) is 0 Å². The van der Waals surface area contributed by atoms with E-state index in [0.29, 0.717) is 5.57 Å². The first-order valence-electron chi connectivity index (χ1n) is 3.91. The summed E-state index contributed by atoms with van der Waals surface area (Å²) in [6, 6.07) is -0.765. The molecule has 1 amide bonds. The molecule has 0 aromatic heterocycles. The lowest BCUT2D eigenvalue weighted by atomic mass is 10.1. The lowest BCUT2D eigenvalue weighted by Gasteiger charge is -2.04. The number of hydrogen-bond donors (Lipinski definition) is 2. The van der Waals surface area contributed by atoms with Gasteiger partial charge in [-0.3, -0.25) is 4.79 Å². The summed E-state index contributed by atoms with van der Waals surface area (Å²) < 4.78 is 0. The molecule has 1 atom stereocenters. The summed E-state index contributed by atoms with van der Waals surface area (Å²) in [6.45, 7) is 0. The van der Waals surface area contributed by atoms with Crippen LogP contribution in [0, 0.1) is 0 Å². The summed E-state index contributed by atoms with van der Waals surface area (Å²) in [4.78, 5) is 23.4. The van der Waals surface area contributed by atoms with Crippen LogP contribution < -0.4 is 5.32 Å². The van der Waals surface area contributed by atoms with Crippen LogP contribution in [-0.2, 0) is 9.59 Å². The highest BCUT2D eigenvalue weighted by molar-refractivity contribution is 6.00. The zero-order valence-electron chi connectivity index (χ0n) is 7.57. The van der Waals surface area contributed by atoms with Crippen LogP contribution in [0.4, 0.5) is 0 Å². The minimum absolute atomic E-state index is 0.256. The van der Waals surface area contributed by atoms with Crippen molar-refractivity contribution in [1.29, 1.82) is 0 Å². The highest BCUT2D eigenvalue weighted by atomic mass is 16.4. The fourth-order valence-corrected chi connectivity index (χ4v) is 1.19. The summed E-state index contributed by atoms with van der Waals surface area (Å²) in [5, 5.41) is 11.0. The molecular weight excluding hydrogens is 172 g/mol. The molecular formula is C8H12N2O3. The molecule has 5 nitrogen and oxygen atoms in total. The average molecular weight is 184 g/mol. The molecule has 5 heteroatoms. The van der Waals surface area contributed by atoms with Gasteiger partial charge in [0.2, 0.25) is 5.91 Å². The maximum absolute atomic E-state index is 11.2. The number of nitrogens with one attached hydrogen (secondary N) is 1. The van der Waals surface area contributed by atoms with Crippen LogP contribution in [0.2, 0.25) is 0 Å². The van der Waals surface area contributed by atoms with Gasteiger partial charge in [-0.25, -0.2) is 4.79 Å². The molecule has 0 unspecified atom stereocenters. The monoisotopic (exact) mass is 184 g/mol. The second-order valence-corrected chi connectivity index (χ2v) is 3.19. The largest absolute Gasteiger partial charge is 0.480 e. The molecule has 0 spiro atoms. The minimum atomic E-state index is -0.990. The van der Waals surface area contributed by atoms with E-state index in [2.05, 4.69) is 5.32 Å². The molecule has 1 fully saturated rings. The first-order chi connectivity index (χ1) is 6.00. The molecule has 1 heterocycles. The normalized spacial score (nSPS) is 24.6. The Morgan fingerprint density at radius 3 is 2.69 bits per heavy atom. The molecule has 0 aromatic rings. The van der Waals surface area contributed by atoms with Crippen LogP contribution in [0.25, 0.3) is 0 Å². The number of nitrogens with zero attached hydrogens (tertiary/aromatic N) is 1. The average Bonchev–Trinajstić information content (AvgIpc) is 2.31. The fraction of sp³-hybridized carbons (Fsp3) is 0.500. The lowest BCUT2D eigenvalue weighted by molar-refractivity contribution is -0.140. The zero-order valence-corrected chi connectivity index (χ0v) is 7.57. The van der Waals surface area contributed by atoms with Gasteiger partial charge in [-0.15, -0.1) is 0 Å². The van der Waals surface area contributed by atoms with E-state index in [0.717, 1.165) is 0 Å². The van der Waals surface area contributed by atoms with E-state index in [-0.39, 0.29) is 12.3 Å². The van der Waals surface area contributed by atoms with E-state index in [1.165, 1.54) is 0 Å². The van der Waals surface area contributed by atoms with Crippen LogP contribution in [0.15, 0.2) is 11.8 Å². The Kier molecular flexibility index (Phi) is 2.55. The van der Waals surface area contributed by atoms with E-state index in [1.807, 2.05) is 0 Å². The van der Waals surface area contributed by atoms with E-state index in [9.17, 15) is 9.59 Å². The molecule has 0 bridgehead atoms. The molecule has 0 aromatic carbocycles. The van der Waals surface area contributed by atoms with Crippen molar-refractivity contribution in [2.45, 2.75) is 12.5 Å². The van der Waals surface area contributed by atoms with Crippen LogP contribution in [-0.4, -0.2) is 42.0 Å². The van der Waals surface area contributed by atoms with Gasteiger partial charge >= 0.3 is 5.97 Å². The van der Waals surface area contributed by atoms with Gasteiger partial charge in [0.1, 0.15) is 6.04 Å². The lowest BCUT2D eigenvalue weighted by Crippen LogP contribution is -2.32. The number of carboxylic acids is 1. The third-order valence-electron chi connectivity index (χ3n) is 1.73. The Morgan fingerprint density at radius 2 is 2.31 bits per heavy atom. The Labute approximate surface area is 76.0 Å².